The van der Waals surface area contributed by atoms with Gasteiger partial charge in [-0.05, 0) is 12.1 Å². The fourth-order valence-electron chi connectivity index (χ4n) is 0.888. The van der Waals surface area contributed by atoms with E-state index in [1.54, 1.807) is 0 Å². The van der Waals surface area contributed by atoms with Crippen molar-refractivity contribution in [2.75, 3.05) is 12.3 Å². The molecule has 1 aromatic carbocycles. The summed E-state index contributed by atoms with van der Waals surface area (Å²) in [7, 11) is 0. The van der Waals surface area contributed by atoms with E-state index in [1.165, 1.54) is 24.3 Å². The standard InChI is InChI=1S/C9H9F2NO/c10-8-6(2-1-5-13)3-4-7(12)9(8)11/h1-4,13H,5,12H2. The first-order chi connectivity index (χ1) is 6.16. The van der Waals surface area contributed by atoms with Crippen LogP contribution in [0.4, 0.5) is 14.5 Å². The zero-order valence-corrected chi connectivity index (χ0v) is 6.80. The number of rotatable bonds is 2. The highest BCUT2D eigenvalue weighted by molar-refractivity contribution is 5.55. The zero-order chi connectivity index (χ0) is 9.84. The smallest absolute Gasteiger partial charge is 0.182 e. The number of benzene rings is 1. The van der Waals surface area contributed by atoms with Crippen molar-refractivity contribution >= 4 is 11.8 Å². The lowest BCUT2D eigenvalue weighted by Crippen LogP contribution is -1.96. The van der Waals surface area contributed by atoms with Gasteiger partial charge in [0.25, 0.3) is 0 Å². The first-order valence-corrected chi connectivity index (χ1v) is 3.67. The Hall–Kier alpha value is -1.42. The van der Waals surface area contributed by atoms with Gasteiger partial charge in [0.2, 0.25) is 0 Å². The zero-order valence-electron chi connectivity index (χ0n) is 6.80. The summed E-state index contributed by atoms with van der Waals surface area (Å²) in [6.45, 7) is -0.217. The van der Waals surface area contributed by atoms with Gasteiger partial charge < -0.3 is 10.8 Å². The van der Waals surface area contributed by atoms with Crippen LogP contribution in [-0.2, 0) is 0 Å². The van der Waals surface area contributed by atoms with Gasteiger partial charge in [-0.1, -0.05) is 12.2 Å². The van der Waals surface area contributed by atoms with Crippen LogP contribution >= 0.6 is 0 Å². The molecule has 1 rings (SSSR count). The van der Waals surface area contributed by atoms with Gasteiger partial charge in [0.1, 0.15) is 0 Å². The van der Waals surface area contributed by atoms with Crippen molar-refractivity contribution in [1.82, 2.24) is 0 Å². The lowest BCUT2D eigenvalue weighted by atomic mass is 10.1. The third kappa shape index (κ3) is 2.03. The summed E-state index contributed by atoms with van der Waals surface area (Å²) in [5, 5.41) is 8.41. The van der Waals surface area contributed by atoms with Gasteiger partial charge in [-0.15, -0.1) is 0 Å². The monoisotopic (exact) mass is 185 g/mol. The normalized spacial score (nSPS) is 11.0. The molecule has 1 aromatic rings. The Balaban J connectivity index is 3.11. The molecule has 4 heteroatoms. The van der Waals surface area contributed by atoms with E-state index in [1.807, 2.05) is 0 Å². The lowest BCUT2D eigenvalue weighted by molar-refractivity contribution is 0.343. The predicted molar refractivity (Wildman–Crippen MR) is 46.9 cm³/mol. The summed E-state index contributed by atoms with van der Waals surface area (Å²) < 4.78 is 25.8. The summed E-state index contributed by atoms with van der Waals surface area (Å²) >= 11 is 0. The average Bonchev–Trinajstić information content (AvgIpc) is 2.13. The number of anilines is 1. The number of aliphatic hydroxyl groups excluding tert-OH is 1. The Bertz CT molecular complexity index is 337. The summed E-state index contributed by atoms with van der Waals surface area (Å²) in [6, 6.07) is 2.62. The molecular formula is C9H9F2NO. The van der Waals surface area contributed by atoms with E-state index in [0.29, 0.717) is 0 Å². The van der Waals surface area contributed by atoms with Crippen LogP contribution < -0.4 is 5.73 Å². The van der Waals surface area contributed by atoms with Crippen molar-refractivity contribution in [2.45, 2.75) is 0 Å². The van der Waals surface area contributed by atoms with Gasteiger partial charge in [-0.25, -0.2) is 8.78 Å². The van der Waals surface area contributed by atoms with E-state index in [-0.39, 0.29) is 17.9 Å². The van der Waals surface area contributed by atoms with Crippen molar-refractivity contribution in [2.24, 2.45) is 0 Å². The van der Waals surface area contributed by atoms with E-state index in [9.17, 15) is 8.78 Å². The van der Waals surface area contributed by atoms with Gasteiger partial charge in [-0.3, -0.25) is 0 Å². The lowest BCUT2D eigenvalue weighted by Gasteiger charge is -2.00. The van der Waals surface area contributed by atoms with Gasteiger partial charge in [0, 0.05) is 5.56 Å². The van der Waals surface area contributed by atoms with Crippen molar-refractivity contribution < 1.29 is 13.9 Å². The molecule has 13 heavy (non-hydrogen) atoms. The molecule has 0 aliphatic carbocycles. The van der Waals surface area contributed by atoms with Crippen molar-refractivity contribution in [3.8, 4) is 0 Å². The second kappa shape index (κ2) is 4.00. The molecule has 2 nitrogen and oxygen atoms in total. The van der Waals surface area contributed by atoms with E-state index in [0.717, 1.165) is 0 Å². The molecule has 0 radical (unpaired) electrons. The average molecular weight is 185 g/mol. The maximum Gasteiger partial charge on any atom is 0.182 e. The fraction of sp³-hybridized carbons (Fsp3) is 0.111. The van der Waals surface area contributed by atoms with E-state index >= 15 is 0 Å². The number of halogens is 2. The maximum absolute atomic E-state index is 13.0. The number of nitrogens with two attached hydrogens (primary N) is 1. The minimum absolute atomic E-state index is 0.0701. The molecule has 0 spiro atoms. The Kier molecular flexibility index (Phi) is 2.97. The number of hydrogen-bond donors (Lipinski definition) is 2. The van der Waals surface area contributed by atoms with Crippen LogP contribution in [0, 0.1) is 11.6 Å². The van der Waals surface area contributed by atoms with Gasteiger partial charge in [-0.2, -0.15) is 0 Å². The predicted octanol–water partition coefficient (Wildman–Crippen LogP) is 1.55. The van der Waals surface area contributed by atoms with Gasteiger partial charge in [0.05, 0.1) is 12.3 Å². The highest BCUT2D eigenvalue weighted by atomic mass is 19.2. The quantitative estimate of drug-likeness (QED) is 0.686. The molecule has 0 saturated carbocycles. The number of hydrogen-bond acceptors (Lipinski definition) is 2. The van der Waals surface area contributed by atoms with Crippen LogP contribution in [0.5, 0.6) is 0 Å². The largest absolute Gasteiger partial charge is 0.396 e. The molecule has 0 saturated heterocycles. The summed E-state index contributed by atoms with van der Waals surface area (Å²) in [5.74, 6) is -2.05. The van der Waals surface area contributed by atoms with Crippen LogP contribution in [0.15, 0.2) is 18.2 Å². The van der Waals surface area contributed by atoms with Crippen molar-refractivity contribution in [3.63, 3.8) is 0 Å². The van der Waals surface area contributed by atoms with E-state index < -0.39 is 11.6 Å². The van der Waals surface area contributed by atoms with Crippen LogP contribution in [0.3, 0.4) is 0 Å². The first kappa shape index (κ1) is 9.67. The van der Waals surface area contributed by atoms with Crippen molar-refractivity contribution in [1.29, 1.82) is 0 Å². The minimum Gasteiger partial charge on any atom is -0.396 e. The van der Waals surface area contributed by atoms with E-state index in [2.05, 4.69) is 0 Å². The van der Waals surface area contributed by atoms with Crippen LogP contribution in [-0.4, -0.2) is 11.7 Å². The fourth-order valence-corrected chi connectivity index (χ4v) is 0.888. The van der Waals surface area contributed by atoms with Gasteiger partial charge in [0.15, 0.2) is 11.6 Å². The van der Waals surface area contributed by atoms with E-state index in [4.69, 9.17) is 10.8 Å². The molecule has 0 atom stereocenters. The molecule has 3 N–H and O–H groups in total. The summed E-state index contributed by atoms with van der Waals surface area (Å²) in [4.78, 5) is 0. The van der Waals surface area contributed by atoms with Crippen LogP contribution in [0.25, 0.3) is 6.08 Å². The third-order valence-corrected chi connectivity index (χ3v) is 1.54. The highest BCUT2D eigenvalue weighted by Crippen LogP contribution is 2.18. The second-order valence-corrected chi connectivity index (χ2v) is 2.46. The topological polar surface area (TPSA) is 46.2 Å². The molecule has 0 amide bonds. The molecule has 0 fully saturated rings. The highest BCUT2D eigenvalue weighted by Gasteiger charge is 2.08. The van der Waals surface area contributed by atoms with Crippen LogP contribution in [0.1, 0.15) is 5.56 Å². The summed E-state index contributed by atoms with van der Waals surface area (Å²) in [5.41, 5.74) is 4.98. The SMILES string of the molecule is Nc1ccc(C=CCO)c(F)c1F. The molecule has 0 aromatic heterocycles. The number of aliphatic hydroxyl groups is 1. The third-order valence-electron chi connectivity index (χ3n) is 1.54. The maximum atomic E-state index is 13.0. The molecule has 0 bridgehead atoms. The summed E-state index contributed by atoms with van der Waals surface area (Å²) in [6.07, 6.45) is 2.60. The Labute approximate surface area is 74.3 Å². The molecule has 0 heterocycles. The molecular weight excluding hydrogens is 176 g/mol. The molecule has 70 valence electrons. The molecule has 0 unspecified atom stereocenters. The minimum atomic E-state index is -1.06. The Morgan fingerprint density at radius 1 is 1.31 bits per heavy atom. The first-order valence-electron chi connectivity index (χ1n) is 3.67. The van der Waals surface area contributed by atoms with Crippen LogP contribution in [0.2, 0.25) is 0 Å². The Morgan fingerprint density at radius 3 is 2.62 bits per heavy atom. The molecule has 0 aliphatic heterocycles. The number of nitrogen functional groups attached to an aromatic ring is 1. The Morgan fingerprint density at radius 2 is 2.00 bits per heavy atom. The van der Waals surface area contributed by atoms with Crippen molar-refractivity contribution in [3.05, 3.63) is 35.4 Å². The molecule has 0 aliphatic rings. The van der Waals surface area contributed by atoms with Gasteiger partial charge >= 0.3 is 0 Å². The second-order valence-electron chi connectivity index (χ2n) is 2.46.